The van der Waals surface area contributed by atoms with Crippen molar-refractivity contribution < 1.29 is 24.2 Å². The molecule has 2 atom stereocenters. The Hall–Kier alpha value is -1.62. The second kappa shape index (κ2) is 6.22. The minimum absolute atomic E-state index is 0.104. The number of hydrogen-bond acceptors (Lipinski definition) is 5. The number of carbonyl (C=O) groups excluding carboxylic acids is 2. The number of aliphatic hydroxyl groups excluding tert-OH is 1. The van der Waals surface area contributed by atoms with Gasteiger partial charge in [0, 0.05) is 0 Å². The van der Waals surface area contributed by atoms with Gasteiger partial charge in [-0.3, -0.25) is 4.79 Å². The molecule has 0 fully saturated rings. The maximum Gasteiger partial charge on any atom is 0.335 e. The molecule has 0 saturated carbocycles. The van der Waals surface area contributed by atoms with Crippen molar-refractivity contribution in [2.75, 3.05) is 0 Å². The van der Waals surface area contributed by atoms with Crippen molar-refractivity contribution in [2.45, 2.75) is 52.9 Å². The van der Waals surface area contributed by atoms with Crippen molar-refractivity contribution in [1.29, 1.82) is 0 Å². The van der Waals surface area contributed by atoms with E-state index in [1.54, 1.807) is 27.7 Å². The molecule has 20 heavy (non-hydrogen) atoms. The number of aliphatic hydroxyl groups is 1. The van der Waals surface area contributed by atoms with Gasteiger partial charge >= 0.3 is 11.9 Å². The van der Waals surface area contributed by atoms with E-state index in [2.05, 4.69) is 0 Å². The predicted octanol–water partition coefficient (Wildman–Crippen LogP) is 1.75. The second-order valence-corrected chi connectivity index (χ2v) is 5.52. The maximum atomic E-state index is 12.3. The van der Waals surface area contributed by atoms with Crippen LogP contribution < -0.4 is 0 Å². The molecular weight excluding hydrogens is 260 g/mol. The molecule has 0 amide bonds. The van der Waals surface area contributed by atoms with E-state index in [0.29, 0.717) is 0 Å². The highest BCUT2D eigenvalue weighted by Crippen LogP contribution is 2.37. The third-order valence-electron chi connectivity index (χ3n) is 3.04. The van der Waals surface area contributed by atoms with E-state index in [1.807, 2.05) is 0 Å². The molecule has 0 bridgehead atoms. The number of ether oxygens (including phenoxy) is 2. The number of esters is 2. The lowest BCUT2D eigenvalue weighted by Crippen LogP contribution is -2.46. The fourth-order valence-electron chi connectivity index (χ4n) is 1.91. The van der Waals surface area contributed by atoms with Crippen LogP contribution in [-0.2, 0) is 19.1 Å². The van der Waals surface area contributed by atoms with Gasteiger partial charge in [-0.25, -0.2) is 4.79 Å². The van der Waals surface area contributed by atoms with E-state index < -0.39 is 23.5 Å². The first kappa shape index (κ1) is 16.4. The Morgan fingerprint density at radius 3 is 2.25 bits per heavy atom. The SMILES string of the molecule is CC(C)OC(=O)C1=CC=C[C@H](O)[C@@]1(C)C(=O)OC(C)C. The fraction of sp³-hybridized carbons (Fsp3) is 0.600. The highest BCUT2D eigenvalue weighted by Gasteiger charge is 2.49. The Kier molecular flexibility index (Phi) is 5.11. The molecule has 0 aromatic heterocycles. The van der Waals surface area contributed by atoms with Crippen molar-refractivity contribution in [3.63, 3.8) is 0 Å². The summed E-state index contributed by atoms with van der Waals surface area (Å²) in [7, 11) is 0. The zero-order valence-electron chi connectivity index (χ0n) is 12.5. The normalized spacial score (nSPS) is 25.6. The lowest BCUT2D eigenvalue weighted by Gasteiger charge is -2.34. The monoisotopic (exact) mass is 282 g/mol. The standard InChI is InChI=1S/C15H22O5/c1-9(2)19-13(17)11-7-6-8-12(16)15(11,5)14(18)20-10(3)4/h6-10,12,16H,1-5H3/t12-,15-/m0/s1. The molecule has 0 aliphatic heterocycles. The minimum atomic E-state index is -1.45. The van der Waals surface area contributed by atoms with Crippen LogP contribution in [0.1, 0.15) is 34.6 Å². The molecule has 1 rings (SSSR count). The van der Waals surface area contributed by atoms with E-state index in [-0.39, 0.29) is 17.8 Å². The lowest BCUT2D eigenvalue weighted by molar-refractivity contribution is -0.164. The highest BCUT2D eigenvalue weighted by molar-refractivity contribution is 5.99. The molecule has 0 spiro atoms. The highest BCUT2D eigenvalue weighted by atomic mass is 16.6. The summed E-state index contributed by atoms with van der Waals surface area (Å²) >= 11 is 0. The molecular formula is C15H22O5. The Morgan fingerprint density at radius 1 is 1.20 bits per heavy atom. The first-order valence-corrected chi connectivity index (χ1v) is 6.68. The largest absolute Gasteiger partial charge is 0.462 e. The summed E-state index contributed by atoms with van der Waals surface area (Å²) in [4.78, 5) is 24.4. The van der Waals surface area contributed by atoms with E-state index >= 15 is 0 Å². The summed E-state index contributed by atoms with van der Waals surface area (Å²) in [5.74, 6) is -1.26. The molecule has 0 heterocycles. The van der Waals surface area contributed by atoms with E-state index in [9.17, 15) is 14.7 Å². The Bertz CT molecular complexity index is 447. The zero-order valence-corrected chi connectivity index (χ0v) is 12.5. The Balaban J connectivity index is 3.11. The third-order valence-corrected chi connectivity index (χ3v) is 3.04. The van der Waals surface area contributed by atoms with E-state index in [4.69, 9.17) is 9.47 Å². The van der Waals surface area contributed by atoms with Gasteiger partial charge in [-0.2, -0.15) is 0 Å². The molecule has 112 valence electrons. The van der Waals surface area contributed by atoms with Crippen LogP contribution in [0.3, 0.4) is 0 Å². The number of hydrogen-bond donors (Lipinski definition) is 1. The van der Waals surface area contributed by atoms with Crippen LogP contribution in [0, 0.1) is 5.41 Å². The van der Waals surface area contributed by atoms with Gasteiger partial charge in [0.05, 0.1) is 23.9 Å². The van der Waals surface area contributed by atoms with Crippen LogP contribution in [0.25, 0.3) is 0 Å². The third kappa shape index (κ3) is 3.28. The van der Waals surface area contributed by atoms with Gasteiger partial charge in [0.25, 0.3) is 0 Å². The number of allylic oxidation sites excluding steroid dienone is 2. The van der Waals surface area contributed by atoms with Crippen molar-refractivity contribution in [3.05, 3.63) is 23.8 Å². The van der Waals surface area contributed by atoms with Crippen LogP contribution in [0.5, 0.6) is 0 Å². The molecule has 0 aromatic carbocycles. The van der Waals surface area contributed by atoms with Gasteiger partial charge in [-0.05, 0) is 34.6 Å². The zero-order chi connectivity index (χ0) is 15.5. The topological polar surface area (TPSA) is 72.8 Å². The summed E-state index contributed by atoms with van der Waals surface area (Å²) in [5.41, 5.74) is -1.35. The van der Waals surface area contributed by atoms with Crippen LogP contribution in [0.15, 0.2) is 23.8 Å². The molecule has 0 unspecified atom stereocenters. The van der Waals surface area contributed by atoms with Gasteiger partial charge in [0.1, 0.15) is 5.41 Å². The first-order valence-electron chi connectivity index (χ1n) is 6.68. The van der Waals surface area contributed by atoms with E-state index in [0.717, 1.165) is 0 Å². The molecule has 1 N–H and O–H groups in total. The van der Waals surface area contributed by atoms with Crippen molar-refractivity contribution in [2.24, 2.45) is 5.41 Å². The summed E-state index contributed by atoms with van der Waals surface area (Å²) < 4.78 is 10.3. The molecule has 0 aromatic rings. The predicted molar refractivity (Wildman–Crippen MR) is 73.8 cm³/mol. The second-order valence-electron chi connectivity index (χ2n) is 5.52. The molecule has 0 saturated heterocycles. The average Bonchev–Trinajstić information content (AvgIpc) is 2.30. The van der Waals surface area contributed by atoms with Gasteiger partial charge in [0.15, 0.2) is 0 Å². The molecule has 1 aliphatic carbocycles. The van der Waals surface area contributed by atoms with Gasteiger partial charge in [0.2, 0.25) is 0 Å². The molecule has 5 heteroatoms. The number of rotatable bonds is 4. The van der Waals surface area contributed by atoms with Gasteiger partial charge < -0.3 is 14.6 Å². The van der Waals surface area contributed by atoms with E-state index in [1.165, 1.54) is 25.2 Å². The summed E-state index contributed by atoms with van der Waals surface area (Å²) in [6.45, 7) is 8.35. The maximum absolute atomic E-state index is 12.3. The molecule has 0 radical (unpaired) electrons. The van der Waals surface area contributed by atoms with Crippen molar-refractivity contribution in [1.82, 2.24) is 0 Å². The lowest BCUT2D eigenvalue weighted by atomic mass is 9.74. The summed E-state index contributed by atoms with van der Waals surface area (Å²) in [6.07, 6.45) is 2.70. The minimum Gasteiger partial charge on any atom is -0.462 e. The number of carbonyl (C=O) groups is 2. The summed E-state index contributed by atoms with van der Waals surface area (Å²) in [6, 6.07) is 0. The molecule has 1 aliphatic rings. The van der Waals surface area contributed by atoms with Crippen LogP contribution in [-0.4, -0.2) is 35.4 Å². The Morgan fingerprint density at radius 2 is 1.75 bits per heavy atom. The van der Waals surface area contributed by atoms with Gasteiger partial charge in [-0.15, -0.1) is 0 Å². The Labute approximate surface area is 119 Å². The fourth-order valence-corrected chi connectivity index (χ4v) is 1.91. The average molecular weight is 282 g/mol. The van der Waals surface area contributed by atoms with Crippen molar-refractivity contribution in [3.8, 4) is 0 Å². The molecule has 5 nitrogen and oxygen atoms in total. The van der Waals surface area contributed by atoms with Crippen LogP contribution in [0.2, 0.25) is 0 Å². The summed E-state index contributed by atoms with van der Waals surface area (Å²) in [5, 5.41) is 10.1. The first-order chi connectivity index (χ1) is 9.19. The van der Waals surface area contributed by atoms with Crippen molar-refractivity contribution >= 4 is 11.9 Å². The van der Waals surface area contributed by atoms with Crippen LogP contribution in [0.4, 0.5) is 0 Å². The smallest absolute Gasteiger partial charge is 0.335 e. The van der Waals surface area contributed by atoms with Gasteiger partial charge in [-0.1, -0.05) is 18.2 Å². The quantitative estimate of drug-likeness (QED) is 0.795. The van der Waals surface area contributed by atoms with Crippen LogP contribution >= 0.6 is 0 Å².